The fraction of sp³-hybridized carbons (Fsp3) is 0.273. The summed E-state index contributed by atoms with van der Waals surface area (Å²) in [5, 5.41) is 2.98. The molecule has 8 heteroatoms. The maximum absolute atomic E-state index is 11.9. The first-order valence-electron chi connectivity index (χ1n) is 5.62. The van der Waals surface area contributed by atoms with Gasteiger partial charge in [-0.3, -0.25) is 14.5 Å². The minimum Gasteiger partial charge on any atom is -0.355 e. The third-order valence-corrected chi connectivity index (χ3v) is 3.42. The number of carbonyl (C=O) groups excluding carboxylic acids is 2. The van der Waals surface area contributed by atoms with Crippen LogP contribution in [-0.2, 0) is 9.59 Å². The second-order valence-electron chi connectivity index (χ2n) is 4.26. The van der Waals surface area contributed by atoms with Crippen molar-refractivity contribution in [3.8, 4) is 0 Å². The number of nitrogens with one attached hydrogen (secondary N) is 1. The number of fused-ring (bicyclic) bond motifs is 1. The molecule has 1 N–H and O–H groups in total. The molecule has 0 aromatic carbocycles. The van der Waals surface area contributed by atoms with Crippen LogP contribution in [-0.4, -0.2) is 44.2 Å². The average molecular weight is 324 g/mol. The molecule has 1 aliphatic rings. The number of likely N-dealkylation sites (N-methyl/N-ethyl adjacent to an activating group) is 1. The van der Waals surface area contributed by atoms with Gasteiger partial charge in [0.1, 0.15) is 10.6 Å². The quantitative estimate of drug-likeness (QED) is 0.821. The number of imidazole rings is 1. The number of carbonyl (C=O) groups is 2. The molecule has 3 heterocycles. The van der Waals surface area contributed by atoms with E-state index in [1.165, 1.54) is 7.05 Å². The van der Waals surface area contributed by atoms with Gasteiger partial charge in [0.15, 0.2) is 11.5 Å². The van der Waals surface area contributed by atoms with Crippen LogP contribution < -0.4 is 5.32 Å². The first-order chi connectivity index (χ1) is 9.06. The number of halogens is 1. The fourth-order valence-electron chi connectivity index (χ4n) is 2.03. The molecular formula is C11H10BrN5O2. The van der Waals surface area contributed by atoms with Gasteiger partial charge in [0.05, 0.1) is 6.42 Å². The highest BCUT2D eigenvalue weighted by molar-refractivity contribution is 9.10. The Morgan fingerprint density at radius 1 is 1.47 bits per heavy atom. The van der Waals surface area contributed by atoms with E-state index < -0.39 is 6.04 Å². The van der Waals surface area contributed by atoms with Crippen molar-refractivity contribution in [1.82, 2.24) is 19.3 Å². The van der Waals surface area contributed by atoms with Gasteiger partial charge in [-0.1, -0.05) is 0 Å². The van der Waals surface area contributed by atoms with Crippen LogP contribution in [0, 0.1) is 0 Å². The SMILES string of the molecule is CN1C(=O)CC(Nc2nc(Br)cn3ccnc23)C1=O. The number of imide groups is 1. The largest absolute Gasteiger partial charge is 0.355 e. The van der Waals surface area contributed by atoms with E-state index in [0.717, 1.165) is 4.90 Å². The van der Waals surface area contributed by atoms with E-state index >= 15 is 0 Å². The van der Waals surface area contributed by atoms with Crippen molar-refractivity contribution in [3.63, 3.8) is 0 Å². The maximum Gasteiger partial charge on any atom is 0.251 e. The topological polar surface area (TPSA) is 79.6 Å². The molecule has 1 fully saturated rings. The number of hydrogen-bond acceptors (Lipinski definition) is 5. The van der Waals surface area contributed by atoms with Crippen LogP contribution in [0.4, 0.5) is 5.82 Å². The van der Waals surface area contributed by atoms with E-state index in [1.54, 1.807) is 23.0 Å². The van der Waals surface area contributed by atoms with Crippen molar-refractivity contribution in [2.24, 2.45) is 0 Å². The molecule has 1 atom stereocenters. The number of aromatic nitrogens is 3. The lowest BCUT2D eigenvalue weighted by atomic mass is 10.2. The number of hydrogen-bond donors (Lipinski definition) is 1. The van der Waals surface area contributed by atoms with Gasteiger partial charge in [-0.15, -0.1) is 0 Å². The fourth-order valence-corrected chi connectivity index (χ4v) is 2.43. The van der Waals surface area contributed by atoms with Gasteiger partial charge in [0.2, 0.25) is 5.91 Å². The van der Waals surface area contributed by atoms with E-state index in [9.17, 15) is 9.59 Å². The van der Waals surface area contributed by atoms with Gasteiger partial charge in [0.25, 0.3) is 5.91 Å². The van der Waals surface area contributed by atoms with Crippen molar-refractivity contribution in [2.45, 2.75) is 12.5 Å². The summed E-state index contributed by atoms with van der Waals surface area (Å²) in [6.45, 7) is 0. The number of likely N-dealkylation sites (tertiary alicyclic amines) is 1. The van der Waals surface area contributed by atoms with E-state index in [1.807, 2.05) is 0 Å². The Hall–Kier alpha value is -1.96. The van der Waals surface area contributed by atoms with Crippen molar-refractivity contribution < 1.29 is 9.59 Å². The molecule has 19 heavy (non-hydrogen) atoms. The van der Waals surface area contributed by atoms with Crippen molar-refractivity contribution in [3.05, 3.63) is 23.2 Å². The summed E-state index contributed by atoms with van der Waals surface area (Å²) < 4.78 is 2.40. The lowest BCUT2D eigenvalue weighted by Crippen LogP contribution is -2.32. The van der Waals surface area contributed by atoms with Crippen LogP contribution in [0.25, 0.3) is 5.65 Å². The summed E-state index contributed by atoms with van der Waals surface area (Å²) in [6, 6.07) is -0.584. The molecule has 1 saturated heterocycles. The molecular weight excluding hydrogens is 314 g/mol. The summed E-state index contributed by atoms with van der Waals surface area (Å²) in [7, 11) is 1.48. The highest BCUT2D eigenvalue weighted by Crippen LogP contribution is 2.21. The molecule has 1 unspecified atom stereocenters. The summed E-state index contributed by atoms with van der Waals surface area (Å²) >= 11 is 3.29. The van der Waals surface area contributed by atoms with Crippen molar-refractivity contribution in [1.29, 1.82) is 0 Å². The third-order valence-electron chi connectivity index (χ3n) is 3.04. The molecule has 2 amide bonds. The molecule has 0 spiro atoms. The second-order valence-corrected chi connectivity index (χ2v) is 5.07. The van der Waals surface area contributed by atoms with Crippen LogP contribution in [0.1, 0.15) is 6.42 Å². The van der Waals surface area contributed by atoms with Gasteiger partial charge >= 0.3 is 0 Å². The van der Waals surface area contributed by atoms with E-state index in [2.05, 4.69) is 31.2 Å². The Balaban J connectivity index is 1.96. The number of nitrogens with zero attached hydrogens (tertiary/aromatic N) is 4. The van der Waals surface area contributed by atoms with Crippen LogP contribution >= 0.6 is 15.9 Å². The van der Waals surface area contributed by atoms with E-state index in [0.29, 0.717) is 16.1 Å². The third kappa shape index (κ3) is 1.97. The maximum atomic E-state index is 11.9. The van der Waals surface area contributed by atoms with Gasteiger partial charge in [-0.05, 0) is 15.9 Å². The monoisotopic (exact) mass is 323 g/mol. The van der Waals surface area contributed by atoms with Crippen LogP contribution in [0.5, 0.6) is 0 Å². The number of amides is 2. The standard InChI is InChI=1S/C11H10BrN5O2/c1-16-8(18)4-6(11(16)19)14-9-10-13-2-3-17(10)5-7(12)15-9/h2-3,5-6H,4H2,1H3,(H,14,15). The second kappa shape index (κ2) is 4.30. The molecule has 7 nitrogen and oxygen atoms in total. The molecule has 2 aromatic heterocycles. The summed E-state index contributed by atoms with van der Waals surface area (Å²) in [4.78, 5) is 32.9. The van der Waals surface area contributed by atoms with Crippen LogP contribution in [0.15, 0.2) is 23.2 Å². The van der Waals surface area contributed by atoms with E-state index in [-0.39, 0.29) is 18.2 Å². The normalized spacial score (nSPS) is 19.5. The average Bonchev–Trinajstić information content (AvgIpc) is 2.91. The zero-order valence-electron chi connectivity index (χ0n) is 10.00. The smallest absolute Gasteiger partial charge is 0.251 e. The highest BCUT2D eigenvalue weighted by atomic mass is 79.9. The Bertz CT molecular complexity index is 683. The number of anilines is 1. The lowest BCUT2D eigenvalue weighted by molar-refractivity contribution is -0.136. The first kappa shape index (κ1) is 12.1. The molecule has 0 bridgehead atoms. The Morgan fingerprint density at radius 2 is 2.26 bits per heavy atom. The van der Waals surface area contributed by atoms with E-state index in [4.69, 9.17) is 0 Å². The molecule has 2 aromatic rings. The predicted octanol–water partition coefficient (Wildman–Crippen LogP) is 0.661. The van der Waals surface area contributed by atoms with Crippen LogP contribution in [0.3, 0.4) is 0 Å². The zero-order valence-corrected chi connectivity index (χ0v) is 11.6. The highest BCUT2D eigenvalue weighted by Gasteiger charge is 2.36. The van der Waals surface area contributed by atoms with Gasteiger partial charge in [-0.25, -0.2) is 9.97 Å². The molecule has 0 radical (unpaired) electrons. The summed E-state index contributed by atoms with van der Waals surface area (Å²) in [6.07, 6.45) is 5.32. The summed E-state index contributed by atoms with van der Waals surface area (Å²) in [5.41, 5.74) is 0.609. The Kier molecular flexibility index (Phi) is 2.74. The minimum atomic E-state index is -0.584. The molecule has 98 valence electrons. The minimum absolute atomic E-state index is 0.135. The van der Waals surface area contributed by atoms with Crippen molar-refractivity contribution in [2.75, 3.05) is 12.4 Å². The van der Waals surface area contributed by atoms with Gasteiger partial charge in [0, 0.05) is 25.6 Å². The van der Waals surface area contributed by atoms with Gasteiger partial charge < -0.3 is 9.72 Å². The Labute approximate surface area is 116 Å². The molecule has 3 rings (SSSR count). The Morgan fingerprint density at radius 3 is 2.95 bits per heavy atom. The molecule has 1 aliphatic heterocycles. The van der Waals surface area contributed by atoms with Crippen molar-refractivity contribution >= 4 is 39.2 Å². The lowest BCUT2D eigenvalue weighted by Gasteiger charge is -2.12. The first-order valence-corrected chi connectivity index (χ1v) is 6.41. The molecule has 0 saturated carbocycles. The van der Waals surface area contributed by atoms with Gasteiger partial charge in [-0.2, -0.15) is 0 Å². The van der Waals surface area contributed by atoms with Crippen LogP contribution in [0.2, 0.25) is 0 Å². The summed E-state index contributed by atoms with van der Waals surface area (Å²) in [5.74, 6) is 0.0224. The zero-order chi connectivity index (χ0) is 13.6. The predicted molar refractivity (Wildman–Crippen MR) is 70.5 cm³/mol. The molecule has 0 aliphatic carbocycles. The number of rotatable bonds is 2.